The molecule has 0 aliphatic heterocycles. The normalized spacial score (nSPS) is 12.1. The van der Waals surface area contributed by atoms with Gasteiger partial charge in [0.05, 0.1) is 22.7 Å². The Hall–Kier alpha value is -7.56. The summed E-state index contributed by atoms with van der Waals surface area (Å²) in [5.74, 6) is 0.402. The quantitative estimate of drug-likeness (QED) is 0.152. The fraction of sp³-hybridized carbons (Fsp3) is 0.0545. The molecule has 0 saturated heterocycles. The van der Waals surface area contributed by atoms with Crippen molar-refractivity contribution in [3.8, 4) is 0 Å². The van der Waals surface area contributed by atoms with E-state index in [-0.39, 0.29) is 0 Å². The Morgan fingerprint density at radius 1 is 0.356 bits per heavy atom. The fourth-order valence-corrected chi connectivity index (χ4v) is 9.39. The van der Waals surface area contributed by atoms with Crippen molar-refractivity contribution >= 4 is 110 Å². The third-order valence-electron chi connectivity index (χ3n) is 12.1. The Kier molecular flexibility index (Phi) is 7.39. The summed E-state index contributed by atoms with van der Waals surface area (Å²) in [4.78, 5) is 4.79. The first-order chi connectivity index (χ1) is 29.1. The lowest BCUT2D eigenvalue weighted by Crippen LogP contribution is -2.15. The molecule has 0 unspecified atom stereocenters. The van der Waals surface area contributed by atoms with Crippen LogP contribution in [0.4, 0.5) is 34.1 Å². The van der Waals surface area contributed by atoms with E-state index in [9.17, 15) is 0 Å². The number of benzene rings is 10. The van der Waals surface area contributed by atoms with Gasteiger partial charge in [-0.15, -0.1) is 0 Å². The molecule has 0 aliphatic rings. The summed E-state index contributed by atoms with van der Waals surface area (Å²) in [6, 6.07) is 67.5. The highest BCUT2D eigenvalue weighted by atomic mass is 16.3. The molecule has 0 bridgehead atoms. The van der Waals surface area contributed by atoms with Gasteiger partial charge < -0.3 is 18.6 Å². The van der Waals surface area contributed by atoms with E-state index in [1.807, 2.05) is 12.1 Å². The highest BCUT2D eigenvalue weighted by Crippen LogP contribution is 2.52. The number of rotatable bonds is 7. The number of anilines is 6. The van der Waals surface area contributed by atoms with E-state index in [0.717, 1.165) is 88.8 Å². The third-order valence-corrected chi connectivity index (χ3v) is 12.1. The van der Waals surface area contributed by atoms with Gasteiger partial charge in [0, 0.05) is 49.1 Å². The SMILES string of the molecule is CC(C)c1cc2ccc3c(N(c4ccccc4)c4cccc5c4oc4ccccc45)cc(N(c4ccccc4)c4cccc5c4oc4ccccc45)c4ccc(c1)c2c34. The summed E-state index contributed by atoms with van der Waals surface area (Å²) in [5, 5.41) is 11.6. The maximum Gasteiger partial charge on any atom is 0.159 e. The molecule has 0 radical (unpaired) electrons. The molecule has 0 fully saturated rings. The molecule has 4 heteroatoms. The average molecular weight is 759 g/mol. The van der Waals surface area contributed by atoms with Crippen LogP contribution in [-0.2, 0) is 0 Å². The van der Waals surface area contributed by atoms with Crippen molar-refractivity contribution in [3.63, 3.8) is 0 Å². The van der Waals surface area contributed by atoms with E-state index in [2.05, 4.69) is 200 Å². The lowest BCUT2D eigenvalue weighted by Gasteiger charge is -2.32. The minimum atomic E-state index is 0.402. The summed E-state index contributed by atoms with van der Waals surface area (Å²) >= 11 is 0. The lowest BCUT2D eigenvalue weighted by molar-refractivity contribution is 0.669. The highest BCUT2D eigenvalue weighted by molar-refractivity contribution is 6.29. The van der Waals surface area contributed by atoms with Crippen LogP contribution in [0.15, 0.2) is 197 Å². The van der Waals surface area contributed by atoms with Crippen LogP contribution in [0.1, 0.15) is 25.3 Å². The number of hydrogen-bond donors (Lipinski definition) is 0. The number of para-hydroxylation sites is 6. The van der Waals surface area contributed by atoms with E-state index >= 15 is 0 Å². The molecule has 2 heterocycles. The lowest BCUT2D eigenvalue weighted by atomic mass is 9.88. The van der Waals surface area contributed by atoms with Gasteiger partial charge >= 0.3 is 0 Å². The molecule has 280 valence electrons. The molecule has 0 atom stereocenters. The first-order valence-electron chi connectivity index (χ1n) is 20.4. The largest absolute Gasteiger partial charge is 0.454 e. The molecular formula is C55H38N2O2. The van der Waals surface area contributed by atoms with Crippen molar-refractivity contribution in [1.29, 1.82) is 0 Å². The van der Waals surface area contributed by atoms with Crippen molar-refractivity contribution < 1.29 is 8.83 Å². The number of furan rings is 2. The predicted molar refractivity (Wildman–Crippen MR) is 248 cm³/mol. The number of fused-ring (bicyclic) bond motifs is 6. The Bertz CT molecular complexity index is 3320. The van der Waals surface area contributed by atoms with Crippen LogP contribution < -0.4 is 9.80 Å². The van der Waals surface area contributed by atoms with Crippen molar-refractivity contribution in [3.05, 3.63) is 194 Å². The van der Waals surface area contributed by atoms with Crippen LogP contribution in [0.5, 0.6) is 0 Å². The smallest absolute Gasteiger partial charge is 0.159 e. The molecule has 12 rings (SSSR count). The molecule has 10 aromatic carbocycles. The van der Waals surface area contributed by atoms with Crippen LogP contribution in [0, 0.1) is 0 Å². The molecule has 12 aromatic rings. The Morgan fingerprint density at radius 2 is 0.797 bits per heavy atom. The van der Waals surface area contributed by atoms with Crippen molar-refractivity contribution in [2.75, 3.05) is 9.80 Å². The molecule has 4 nitrogen and oxygen atoms in total. The van der Waals surface area contributed by atoms with Crippen LogP contribution >= 0.6 is 0 Å². The molecule has 0 saturated carbocycles. The minimum absolute atomic E-state index is 0.402. The van der Waals surface area contributed by atoms with Gasteiger partial charge in [-0.25, -0.2) is 0 Å². The van der Waals surface area contributed by atoms with Crippen LogP contribution in [0.3, 0.4) is 0 Å². The molecule has 2 aromatic heterocycles. The van der Waals surface area contributed by atoms with Crippen LogP contribution in [0.25, 0.3) is 76.2 Å². The second-order valence-corrected chi connectivity index (χ2v) is 15.9. The first kappa shape index (κ1) is 33.6. The van der Waals surface area contributed by atoms with Gasteiger partial charge in [-0.05, 0) is 82.2 Å². The standard InChI is InChI=1S/C55H38N2O2/c1-34(2)37-31-35-27-29-44-48(56(38-15-5-3-6-16-38)46-23-13-21-42-40-19-9-11-25-50(40)58-54(42)46)33-49(45-30-28-36(32-37)52(35)53(44)45)57(39-17-7-4-8-18-39)47-24-14-22-43-41-20-10-12-26-51(41)59-55(43)47/h3-34H,1-2H3. The second-order valence-electron chi connectivity index (χ2n) is 15.9. The minimum Gasteiger partial charge on any atom is -0.454 e. The second kappa shape index (κ2) is 13.0. The first-order valence-corrected chi connectivity index (χ1v) is 20.4. The Morgan fingerprint density at radius 3 is 1.27 bits per heavy atom. The van der Waals surface area contributed by atoms with Gasteiger partial charge in [0.1, 0.15) is 11.2 Å². The molecule has 0 N–H and O–H groups in total. The van der Waals surface area contributed by atoms with Crippen LogP contribution in [-0.4, -0.2) is 0 Å². The predicted octanol–water partition coefficient (Wildman–Crippen LogP) is 16.4. The number of nitrogens with zero attached hydrogens (tertiary/aromatic N) is 2. The maximum atomic E-state index is 6.80. The van der Waals surface area contributed by atoms with Crippen molar-refractivity contribution in [1.82, 2.24) is 0 Å². The number of hydrogen-bond acceptors (Lipinski definition) is 4. The molecular weight excluding hydrogens is 721 g/mol. The summed E-state index contributed by atoms with van der Waals surface area (Å²) in [6.07, 6.45) is 0. The average Bonchev–Trinajstić information content (AvgIpc) is 3.86. The van der Waals surface area contributed by atoms with Gasteiger partial charge in [-0.2, -0.15) is 0 Å². The van der Waals surface area contributed by atoms with E-state index in [0.29, 0.717) is 5.92 Å². The van der Waals surface area contributed by atoms with Crippen molar-refractivity contribution in [2.45, 2.75) is 19.8 Å². The van der Waals surface area contributed by atoms with E-state index < -0.39 is 0 Å². The maximum absolute atomic E-state index is 6.80. The Labute approximate surface area is 341 Å². The van der Waals surface area contributed by atoms with Gasteiger partial charge in [-0.1, -0.05) is 147 Å². The summed E-state index contributed by atoms with van der Waals surface area (Å²) in [5.41, 5.74) is 10.9. The summed E-state index contributed by atoms with van der Waals surface area (Å²) < 4.78 is 13.6. The highest BCUT2D eigenvalue weighted by Gasteiger charge is 2.28. The Balaban J connectivity index is 1.25. The molecule has 0 amide bonds. The monoisotopic (exact) mass is 758 g/mol. The van der Waals surface area contributed by atoms with E-state index in [4.69, 9.17) is 8.83 Å². The van der Waals surface area contributed by atoms with E-state index in [1.54, 1.807) is 0 Å². The van der Waals surface area contributed by atoms with Crippen LogP contribution in [0.2, 0.25) is 0 Å². The third kappa shape index (κ3) is 5.09. The van der Waals surface area contributed by atoms with Crippen molar-refractivity contribution in [2.24, 2.45) is 0 Å². The summed E-state index contributed by atoms with van der Waals surface area (Å²) in [6.45, 7) is 4.55. The van der Waals surface area contributed by atoms with Gasteiger partial charge in [0.2, 0.25) is 0 Å². The molecule has 59 heavy (non-hydrogen) atoms. The molecule has 0 spiro atoms. The zero-order chi connectivity index (χ0) is 39.2. The zero-order valence-electron chi connectivity index (χ0n) is 32.7. The van der Waals surface area contributed by atoms with Gasteiger partial charge in [0.25, 0.3) is 0 Å². The molecule has 0 aliphatic carbocycles. The fourth-order valence-electron chi connectivity index (χ4n) is 9.39. The zero-order valence-corrected chi connectivity index (χ0v) is 32.7. The topological polar surface area (TPSA) is 32.8 Å². The van der Waals surface area contributed by atoms with Gasteiger partial charge in [0.15, 0.2) is 11.2 Å². The summed E-state index contributed by atoms with van der Waals surface area (Å²) in [7, 11) is 0. The van der Waals surface area contributed by atoms with Gasteiger partial charge in [-0.3, -0.25) is 0 Å². The van der Waals surface area contributed by atoms with E-state index in [1.165, 1.54) is 27.1 Å².